The van der Waals surface area contributed by atoms with Crippen molar-refractivity contribution in [1.29, 1.82) is 0 Å². The summed E-state index contributed by atoms with van der Waals surface area (Å²) in [6.45, 7) is 0. The molecule has 0 unspecified atom stereocenters. The second-order valence-corrected chi connectivity index (χ2v) is 4.69. The Morgan fingerprint density at radius 3 is 2.41 bits per heavy atom. The van der Waals surface area contributed by atoms with Crippen LogP contribution < -0.4 is 4.74 Å². The third-order valence-corrected chi connectivity index (χ3v) is 3.29. The van der Waals surface area contributed by atoms with E-state index in [1.165, 1.54) is 31.4 Å². The van der Waals surface area contributed by atoms with Crippen LogP contribution in [0.4, 0.5) is 5.69 Å². The zero-order valence-corrected chi connectivity index (χ0v) is 12.2. The smallest absolute Gasteiger partial charge is 0.311 e. The van der Waals surface area contributed by atoms with Gasteiger partial charge in [0.2, 0.25) is 11.6 Å². The van der Waals surface area contributed by atoms with Gasteiger partial charge in [-0.25, -0.2) is 0 Å². The van der Waals surface area contributed by atoms with E-state index in [2.05, 4.69) is 0 Å². The lowest BCUT2D eigenvalue weighted by Gasteiger charge is -2.05. The molecule has 0 N–H and O–H groups in total. The van der Waals surface area contributed by atoms with Crippen molar-refractivity contribution in [3.05, 3.63) is 68.7 Å². The highest BCUT2D eigenvalue weighted by atomic mass is 35.5. The van der Waals surface area contributed by atoms with Crippen molar-refractivity contribution in [3.8, 4) is 5.75 Å². The first-order valence-corrected chi connectivity index (χ1v) is 6.49. The van der Waals surface area contributed by atoms with Gasteiger partial charge in [-0.05, 0) is 24.3 Å². The Kier molecular flexibility index (Phi) is 4.53. The molecule has 0 aliphatic heterocycles. The van der Waals surface area contributed by atoms with Crippen molar-refractivity contribution in [2.45, 2.75) is 0 Å². The number of benzene rings is 2. The zero-order valence-electron chi connectivity index (χ0n) is 11.4. The molecule has 0 saturated carbocycles. The van der Waals surface area contributed by atoms with Gasteiger partial charge in [-0.2, -0.15) is 0 Å². The number of hydrogen-bond donors (Lipinski definition) is 0. The van der Waals surface area contributed by atoms with Crippen LogP contribution in [-0.2, 0) is 0 Å². The normalized spacial score (nSPS) is 10.1. The maximum absolute atomic E-state index is 12.2. The summed E-state index contributed by atoms with van der Waals surface area (Å²) in [5.74, 6) is -1.70. The zero-order chi connectivity index (χ0) is 16.3. The van der Waals surface area contributed by atoms with Gasteiger partial charge in [0.05, 0.1) is 17.1 Å². The number of hydrogen-bond acceptors (Lipinski definition) is 5. The van der Waals surface area contributed by atoms with E-state index in [0.29, 0.717) is 0 Å². The largest absolute Gasteiger partial charge is 0.490 e. The lowest BCUT2D eigenvalue weighted by Crippen LogP contribution is -2.15. The lowest BCUT2D eigenvalue weighted by atomic mass is 10.0. The molecular formula is C15H10ClNO5. The monoisotopic (exact) mass is 319 g/mol. The molecule has 6 nitrogen and oxygen atoms in total. The van der Waals surface area contributed by atoms with Gasteiger partial charge in [-0.3, -0.25) is 19.7 Å². The fourth-order valence-electron chi connectivity index (χ4n) is 1.87. The van der Waals surface area contributed by atoms with Gasteiger partial charge >= 0.3 is 5.69 Å². The van der Waals surface area contributed by atoms with Crippen LogP contribution in [0, 0.1) is 10.1 Å². The SMILES string of the molecule is COc1ccc(C(=O)C(=O)c2ccccc2Cl)cc1[N+](=O)[O-]. The van der Waals surface area contributed by atoms with Crippen LogP contribution in [0.25, 0.3) is 0 Å². The molecule has 0 aromatic heterocycles. The van der Waals surface area contributed by atoms with Crippen molar-refractivity contribution >= 4 is 28.9 Å². The summed E-state index contributed by atoms with van der Waals surface area (Å²) < 4.78 is 4.85. The minimum absolute atomic E-state index is 0.00624. The topological polar surface area (TPSA) is 86.5 Å². The fourth-order valence-corrected chi connectivity index (χ4v) is 2.09. The van der Waals surface area contributed by atoms with Crippen molar-refractivity contribution < 1.29 is 19.2 Å². The number of methoxy groups -OCH3 is 1. The van der Waals surface area contributed by atoms with Gasteiger partial charge in [0.1, 0.15) is 0 Å². The number of nitro groups is 1. The summed E-state index contributed by atoms with van der Waals surface area (Å²) in [6, 6.07) is 9.67. The second kappa shape index (κ2) is 6.36. The summed E-state index contributed by atoms with van der Waals surface area (Å²) in [7, 11) is 1.28. The molecule has 0 atom stereocenters. The number of rotatable bonds is 5. The molecule has 2 aromatic carbocycles. The third kappa shape index (κ3) is 2.96. The number of carbonyl (C=O) groups excluding carboxylic acids is 2. The summed E-state index contributed by atoms with van der Waals surface area (Å²) in [4.78, 5) is 34.6. The fraction of sp³-hybridized carbons (Fsp3) is 0.0667. The van der Waals surface area contributed by atoms with Crippen molar-refractivity contribution in [2.75, 3.05) is 7.11 Å². The molecule has 0 heterocycles. The number of nitro benzene ring substituents is 1. The highest BCUT2D eigenvalue weighted by molar-refractivity contribution is 6.52. The van der Waals surface area contributed by atoms with Gasteiger partial charge in [0.15, 0.2) is 5.75 Å². The molecule has 2 rings (SSSR count). The second-order valence-electron chi connectivity index (χ2n) is 4.28. The Balaban J connectivity index is 2.42. The predicted molar refractivity (Wildman–Crippen MR) is 79.8 cm³/mol. The number of nitrogens with zero attached hydrogens (tertiary/aromatic N) is 1. The summed E-state index contributed by atoms with van der Waals surface area (Å²) in [5.41, 5.74) is -0.439. The predicted octanol–water partition coefficient (Wildman–Crippen LogP) is 3.32. The number of halogens is 1. The average Bonchev–Trinajstić information content (AvgIpc) is 2.53. The molecule has 0 amide bonds. The molecule has 0 aliphatic rings. The maximum Gasteiger partial charge on any atom is 0.311 e. The molecule has 0 radical (unpaired) electrons. The summed E-state index contributed by atoms with van der Waals surface area (Å²) >= 11 is 5.88. The van der Waals surface area contributed by atoms with E-state index in [-0.39, 0.29) is 27.6 Å². The van der Waals surface area contributed by atoms with Crippen molar-refractivity contribution in [1.82, 2.24) is 0 Å². The Morgan fingerprint density at radius 1 is 1.14 bits per heavy atom. The van der Waals surface area contributed by atoms with Crippen molar-refractivity contribution in [3.63, 3.8) is 0 Å². The first kappa shape index (κ1) is 15.7. The standard InChI is InChI=1S/C15H10ClNO5/c1-22-13-7-6-9(8-12(13)17(20)21)14(18)15(19)10-4-2-3-5-11(10)16/h2-8H,1H3. The maximum atomic E-state index is 12.2. The molecule has 2 aromatic rings. The minimum atomic E-state index is -0.876. The van der Waals surface area contributed by atoms with E-state index >= 15 is 0 Å². The van der Waals surface area contributed by atoms with Crippen LogP contribution in [-0.4, -0.2) is 23.6 Å². The number of ketones is 2. The molecule has 0 spiro atoms. The Labute approximate surface area is 130 Å². The number of Topliss-reactive ketones (excluding diaryl/α,β-unsaturated/α-hetero) is 2. The number of ether oxygens (including phenoxy) is 1. The quantitative estimate of drug-likeness (QED) is 0.365. The van der Waals surface area contributed by atoms with Crippen LogP contribution in [0.1, 0.15) is 20.7 Å². The van der Waals surface area contributed by atoms with Gasteiger partial charge in [0.25, 0.3) is 0 Å². The molecule has 22 heavy (non-hydrogen) atoms. The molecule has 0 bridgehead atoms. The van der Waals surface area contributed by atoms with E-state index in [1.807, 2.05) is 0 Å². The van der Waals surface area contributed by atoms with Crippen LogP contribution in [0.2, 0.25) is 5.02 Å². The molecule has 112 valence electrons. The van der Waals surface area contributed by atoms with Crippen LogP contribution in [0.5, 0.6) is 5.75 Å². The van der Waals surface area contributed by atoms with E-state index in [1.54, 1.807) is 12.1 Å². The lowest BCUT2D eigenvalue weighted by molar-refractivity contribution is -0.385. The Bertz CT molecular complexity index is 772. The van der Waals surface area contributed by atoms with E-state index < -0.39 is 16.5 Å². The molecule has 0 aliphatic carbocycles. The third-order valence-electron chi connectivity index (χ3n) is 2.96. The first-order valence-electron chi connectivity index (χ1n) is 6.11. The van der Waals surface area contributed by atoms with Crippen LogP contribution >= 0.6 is 11.6 Å². The highest BCUT2D eigenvalue weighted by Gasteiger charge is 2.24. The van der Waals surface area contributed by atoms with Crippen LogP contribution in [0.15, 0.2) is 42.5 Å². The Morgan fingerprint density at radius 2 is 1.82 bits per heavy atom. The molecule has 0 saturated heterocycles. The summed E-state index contributed by atoms with van der Waals surface area (Å²) in [5, 5.41) is 11.1. The Hall–Kier alpha value is -2.73. The molecular weight excluding hydrogens is 310 g/mol. The molecule has 7 heteroatoms. The van der Waals surface area contributed by atoms with E-state index in [0.717, 1.165) is 6.07 Å². The molecule has 0 fully saturated rings. The van der Waals surface area contributed by atoms with Gasteiger partial charge in [-0.15, -0.1) is 0 Å². The highest BCUT2D eigenvalue weighted by Crippen LogP contribution is 2.28. The minimum Gasteiger partial charge on any atom is -0.490 e. The van der Waals surface area contributed by atoms with Gasteiger partial charge < -0.3 is 4.74 Å². The van der Waals surface area contributed by atoms with Crippen molar-refractivity contribution in [2.24, 2.45) is 0 Å². The van der Waals surface area contributed by atoms with Gasteiger partial charge in [0, 0.05) is 17.2 Å². The number of carbonyl (C=O) groups is 2. The summed E-state index contributed by atoms with van der Waals surface area (Å²) in [6.07, 6.45) is 0. The first-order chi connectivity index (χ1) is 10.5. The van der Waals surface area contributed by atoms with E-state index in [4.69, 9.17) is 16.3 Å². The van der Waals surface area contributed by atoms with Crippen LogP contribution in [0.3, 0.4) is 0 Å². The van der Waals surface area contributed by atoms with Gasteiger partial charge in [-0.1, -0.05) is 23.7 Å². The average molecular weight is 320 g/mol. The van der Waals surface area contributed by atoms with E-state index in [9.17, 15) is 19.7 Å².